The number of carbonyl (C=O) groups excluding carboxylic acids is 4. The van der Waals surface area contributed by atoms with Crippen molar-refractivity contribution in [2.75, 3.05) is 81.5 Å². The Morgan fingerprint density at radius 2 is 0.973 bits per heavy atom. The molecule has 406 valence electrons. The van der Waals surface area contributed by atoms with Crippen LogP contribution in [0.3, 0.4) is 0 Å². The van der Waals surface area contributed by atoms with Crippen LogP contribution in [0, 0.1) is 0 Å². The number of esters is 1. The number of aliphatic hydroxyl groups is 2. The molecule has 0 radical (unpaired) electrons. The molecule has 13 nitrogen and oxygen atoms in total. The number of aliphatic hydroxyl groups excluding tert-OH is 2. The monoisotopic (exact) mass is 1150 g/mol. The zero-order chi connectivity index (χ0) is 55.0. The van der Waals surface area contributed by atoms with Gasteiger partial charge in [-0.3, -0.25) is 28.8 Å². The number of urea groups is 2. The number of hydrogen-bond donors (Lipinski definition) is 2. The van der Waals surface area contributed by atoms with Gasteiger partial charge in [0.05, 0.1) is 21.2 Å². The zero-order valence-electron chi connectivity index (χ0n) is 48.1. The molecule has 74 heavy (non-hydrogen) atoms. The quantitative estimate of drug-likeness (QED) is 0.0351. The van der Waals surface area contributed by atoms with E-state index in [0.717, 1.165) is 81.5 Å². The summed E-state index contributed by atoms with van der Waals surface area (Å²) < 4.78 is 21.6. The summed E-state index contributed by atoms with van der Waals surface area (Å²) in [5, 5.41) is 16.0. The van der Waals surface area contributed by atoms with Crippen LogP contribution in [0.4, 0.5) is 25.4 Å². The van der Waals surface area contributed by atoms with Gasteiger partial charge >= 0.3 is 47.6 Å². The normalized spacial score (nSPS) is 17.3. The van der Waals surface area contributed by atoms with E-state index in [1.165, 1.54) is 24.4 Å². The van der Waals surface area contributed by atoms with E-state index < -0.39 is 13.8 Å². The fourth-order valence-electron chi connectivity index (χ4n) is 8.82. The first kappa shape index (κ1) is 66.2. The Morgan fingerprint density at radius 1 is 0.635 bits per heavy atom. The van der Waals surface area contributed by atoms with Crippen LogP contribution >= 0.6 is 22.6 Å². The zero-order valence-corrected chi connectivity index (χ0v) is 50.3. The van der Waals surface area contributed by atoms with Crippen molar-refractivity contribution in [2.24, 2.45) is 0 Å². The number of amides is 4. The number of benzene rings is 4. The summed E-state index contributed by atoms with van der Waals surface area (Å²) in [6, 6.07) is 35.9. The number of nitrogens with zero attached hydrogens (tertiary/aromatic N) is 6. The van der Waals surface area contributed by atoms with E-state index in [-0.39, 0.29) is 79.0 Å². The van der Waals surface area contributed by atoms with E-state index in [1.807, 2.05) is 117 Å². The minimum absolute atomic E-state index is 0. The van der Waals surface area contributed by atoms with Crippen LogP contribution in [0.25, 0.3) is 0 Å². The van der Waals surface area contributed by atoms with Gasteiger partial charge in [0, 0.05) is 101 Å². The summed E-state index contributed by atoms with van der Waals surface area (Å²) in [6.07, 6.45) is 6.75. The number of rotatable bonds is 17. The minimum Gasteiger partial charge on any atom is -1.00 e. The van der Waals surface area contributed by atoms with Crippen molar-refractivity contribution in [1.82, 2.24) is 19.6 Å². The number of carbonyl (C=O) groups is 4. The largest absolute Gasteiger partial charge is 1.00 e. The molecule has 2 heterocycles. The number of ketones is 1. The summed E-state index contributed by atoms with van der Waals surface area (Å²) in [4.78, 5) is 62.9. The number of hydrogen-bond acceptors (Lipinski definition) is 9. The molecule has 6 rings (SSSR count). The van der Waals surface area contributed by atoms with Gasteiger partial charge in [0.2, 0.25) is 0 Å². The number of para-hydroxylation sites is 2. The Labute approximate surface area is 482 Å². The Balaban J connectivity index is 0.00000123. The first-order chi connectivity index (χ1) is 35.7. The molecule has 4 aromatic carbocycles. The van der Waals surface area contributed by atoms with Crippen LogP contribution < -0.4 is 39.4 Å². The first-order valence-electron chi connectivity index (χ1n) is 26.4. The molecule has 4 amide bonds. The van der Waals surface area contributed by atoms with Gasteiger partial charge in [-0.05, 0) is 98.9 Å². The van der Waals surface area contributed by atoms with Gasteiger partial charge < -0.3 is 26.2 Å². The molecule has 4 atom stereocenters. The van der Waals surface area contributed by atoms with Crippen LogP contribution in [0.2, 0.25) is 0 Å². The Hall–Kier alpha value is -3.94. The fraction of sp³-hybridized carbons (Fsp3) is 0.517. The Morgan fingerprint density at radius 3 is 1.26 bits per heavy atom. The third-order valence-electron chi connectivity index (χ3n) is 12.8. The molecular formula is C58H87FIN6NaO7. The van der Waals surface area contributed by atoms with Crippen molar-refractivity contribution in [1.29, 1.82) is 0 Å². The smallest absolute Gasteiger partial charge is 1.00 e. The van der Waals surface area contributed by atoms with E-state index >= 15 is 0 Å². The second-order valence-corrected chi connectivity index (χ2v) is 19.4. The average molecular weight is 1150 g/mol. The summed E-state index contributed by atoms with van der Waals surface area (Å²) in [7, 11) is 1.39. The number of halogens is 2. The molecule has 2 fully saturated rings. The Kier molecular flexibility index (Phi) is 34.5. The van der Waals surface area contributed by atoms with Crippen LogP contribution in [0.5, 0.6) is 0 Å². The molecule has 2 aliphatic rings. The van der Waals surface area contributed by atoms with Crippen LogP contribution in [-0.2, 0) is 17.8 Å². The third-order valence-corrected chi connectivity index (χ3v) is 13.6. The summed E-state index contributed by atoms with van der Waals surface area (Å²) in [6.45, 7) is 20.5. The Bertz CT molecular complexity index is 2000. The molecule has 0 aliphatic carbocycles. The van der Waals surface area contributed by atoms with Crippen LogP contribution in [0.1, 0.15) is 122 Å². The molecule has 0 saturated carbocycles. The standard InChI is InChI=1S/2C26H35N3O3.C4H9I.CH3F.CH4O.Na.H/c1-5-6-16-28(24-10-8-7-9-11-24)26(31)27-17-20(2)29(21(3)18-27)19-22-12-14-23(15-13-22)25(30)32-4;1-4-5-15-28(24-9-7-6-8-10-24)26(32)27-16-20(2)29(21(3)17-27)18-22-11-13-23(14-12-22)25(31)19-30;1-2-3-4-5;2*1-2;;/h7-15,20-21H,5-6,16-19H2,1-4H3;6-14,20-21,30H,4-5,15-19H2,1-3H3;2-4H2,1H3;1H3;2H,1H3;;/q;;;;;+1;-1/t2*20-,21+;;;;;/i;;;1D;;;. The van der Waals surface area contributed by atoms with Gasteiger partial charge in [-0.1, -0.05) is 135 Å². The summed E-state index contributed by atoms with van der Waals surface area (Å²) in [5.74, 6) is -0.590. The van der Waals surface area contributed by atoms with Gasteiger partial charge in [-0.15, -0.1) is 0 Å². The molecular weight excluding hydrogens is 1060 g/mol. The molecule has 16 heteroatoms. The summed E-state index contributed by atoms with van der Waals surface area (Å²) in [5.41, 5.74) is 5.25. The first-order valence-corrected chi connectivity index (χ1v) is 27.2. The number of unbranched alkanes of at least 4 members (excludes halogenated alkanes) is 3. The van der Waals surface area contributed by atoms with E-state index in [1.54, 1.807) is 12.1 Å². The minimum atomic E-state index is -1.00. The number of ether oxygens (including phenoxy) is 1. The van der Waals surface area contributed by atoms with Gasteiger partial charge in [0.15, 0.2) is 5.78 Å². The average Bonchev–Trinajstić information content (AvgIpc) is 3.42. The second-order valence-electron chi connectivity index (χ2n) is 18.3. The molecule has 0 unspecified atom stereocenters. The van der Waals surface area contributed by atoms with E-state index in [0.29, 0.717) is 37.3 Å². The van der Waals surface area contributed by atoms with Crippen molar-refractivity contribution < 1.29 is 70.9 Å². The predicted octanol–water partition coefficient (Wildman–Crippen LogP) is 8.51. The molecule has 0 bridgehead atoms. The van der Waals surface area contributed by atoms with Crippen molar-refractivity contribution in [3.05, 3.63) is 131 Å². The molecule has 0 aromatic heterocycles. The van der Waals surface area contributed by atoms with Gasteiger partial charge in [0.25, 0.3) is 0 Å². The van der Waals surface area contributed by atoms with Crippen LogP contribution in [0.15, 0.2) is 109 Å². The fourth-order valence-corrected chi connectivity index (χ4v) is 9.58. The topological polar surface area (TPSA) is 137 Å². The molecule has 4 aromatic rings. The van der Waals surface area contributed by atoms with E-state index in [2.05, 4.69) is 80.9 Å². The predicted molar refractivity (Wildman–Crippen MR) is 306 cm³/mol. The van der Waals surface area contributed by atoms with Crippen LogP contribution in [-0.4, -0.2) is 149 Å². The number of Topliss-reactive ketones (excluding diaryl/α,β-unsaturated/α-hetero) is 1. The van der Waals surface area contributed by atoms with Crippen molar-refractivity contribution >= 4 is 57.8 Å². The van der Waals surface area contributed by atoms with Gasteiger partial charge in [0.1, 0.15) is 6.61 Å². The van der Waals surface area contributed by atoms with Crippen molar-refractivity contribution in [2.45, 2.75) is 124 Å². The van der Waals surface area contributed by atoms with E-state index in [9.17, 15) is 23.6 Å². The molecule has 2 N–H and O–H groups in total. The molecule has 2 aliphatic heterocycles. The summed E-state index contributed by atoms with van der Waals surface area (Å²) >= 11 is 2.39. The third kappa shape index (κ3) is 22.0. The van der Waals surface area contributed by atoms with Crippen molar-refractivity contribution in [3.63, 3.8) is 0 Å². The van der Waals surface area contributed by atoms with Gasteiger partial charge in [-0.25, -0.2) is 14.4 Å². The number of methoxy groups -OCH3 is 1. The van der Waals surface area contributed by atoms with Crippen molar-refractivity contribution in [3.8, 4) is 0 Å². The number of anilines is 2. The van der Waals surface area contributed by atoms with Gasteiger partial charge in [-0.2, -0.15) is 0 Å². The SMILES string of the molecule is CCCCI.CCCCN(C(=O)N1C[C@@H](C)N(Cc2ccc(C(=O)CO)cc2)[C@@H](C)C1)c1ccccc1.CCCCN(C(=O)N1C[C@@H](C)N(Cc2ccc(C(=O)OC)cc2)[C@@H](C)C1)c1ccccc1.CO.[2H]CF.[H-].[Na+]. The maximum Gasteiger partial charge on any atom is 1.00 e. The second kappa shape index (κ2) is 38.6. The molecule has 2 saturated heterocycles. The number of piperazine rings is 2. The number of alkyl halides is 2. The maximum absolute atomic E-state index is 13.5. The molecule has 0 spiro atoms. The van der Waals surface area contributed by atoms with E-state index in [4.69, 9.17) is 16.3 Å². The maximum atomic E-state index is 13.5.